The van der Waals surface area contributed by atoms with Crippen molar-refractivity contribution in [1.29, 1.82) is 0 Å². The average molecular weight is 635 g/mol. The fourth-order valence-electron chi connectivity index (χ4n) is 6.11. The Kier molecular flexibility index (Phi) is 9.71. The van der Waals surface area contributed by atoms with E-state index in [1.807, 2.05) is 20.8 Å². The topological polar surface area (TPSA) is 103 Å². The zero-order valence-corrected chi connectivity index (χ0v) is 26.1. The number of carbonyl (C=O) groups is 2. The third-order valence-corrected chi connectivity index (χ3v) is 8.48. The minimum Gasteiger partial charge on any atom is -0.495 e. The Balaban J connectivity index is 1.93. The normalized spacial score (nSPS) is 21.9. The standard InChI is InChI=1S/C32H35Cl2F2N3O4/c1-31(2,3)15-25-32(16-37,20-14-18(33)10-11-22(20)35)26(19-7-6-8-21(34)27(19)36)28(39-25)29(40)38-23-12-9-17(30(41)43-5)13-24(23)42-4/h6-14,25-26,28,39H,15-16,37H2,1-5H3,(H,38,40)/t25-,26-,28+,32-/m0/s1. The van der Waals surface area contributed by atoms with Gasteiger partial charge in [-0.1, -0.05) is 56.1 Å². The predicted molar refractivity (Wildman–Crippen MR) is 164 cm³/mol. The van der Waals surface area contributed by atoms with Crippen LogP contribution < -0.4 is 21.1 Å². The molecule has 4 rings (SSSR count). The smallest absolute Gasteiger partial charge is 0.337 e. The lowest BCUT2D eigenvalue weighted by Crippen LogP contribution is -2.50. The number of rotatable bonds is 8. The lowest BCUT2D eigenvalue weighted by Gasteiger charge is -2.42. The van der Waals surface area contributed by atoms with Gasteiger partial charge in [-0.2, -0.15) is 0 Å². The molecular formula is C32H35Cl2F2N3O4. The summed E-state index contributed by atoms with van der Waals surface area (Å²) in [5.74, 6) is -3.25. The van der Waals surface area contributed by atoms with E-state index in [0.29, 0.717) is 6.42 Å². The van der Waals surface area contributed by atoms with Crippen molar-refractivity contribution in [3.8, 4) is 5.75 Å². The maximum atomic E-state index is 15.9. The van der Waals surface area contributed by atoms with Crippen LogP contribution in [0.4, 0.5) is 14.5 Å². The highest BCUT2D eigenvalue weighted by atomic mass is 35.5. The number of esters is 1. The van der Waals surface area contributed by atoms with E-state index in [4.69, 9.17) is 38.4 Å². The van der Waals surface area contributed by atoms with Gasteiger partial charge in [-0.3, -0.25) is 4.79 Å². The predicted octanol–water partition coefficient (Wildman–Crippen LogP) is 6.46. The minimum absolute atomic E-state index is 0.106. The molecule has 1 aliphatic heterocycles. The van der Waals surface area contributed by atoms with E-state index >= 15 is 8.78 Å². The van der Waals surface area contributed by atoms with E-state index in [2.05, 4.69) is 10.6 Å². The quantitative estimate of drug-likeness (QED) is 0.246. The summed E-state index contributed by atoms with van der Waals surface area (Å²) in [6, 6.07) is 11.4. The van der Waals surface area contributed by atoms with E-state index in [1.165, 1.54) is 62.8 Å². The number of halogens is 4. The fourth-order valence-corrected chi connectivity index (χ4v) is 6.47. The first-order chi connectivity index (χ1) is 20.3. The summed E-state index contributed by atoms with van der Waals surface area (Å²) in [5, 5.41) is 6.37. The van der Waals surface area contributed by atoms with Crippen LogP contribution in [-0.4, -0.2) is 44.7 Å². The van der Waals surface area contributed by atoms with Gasteiger partial charge in [0.05, 0.1) is 36.5 Å². The van der Waals surface area contributed by atoms with Crippen molar-refractivity contribution in [3.63, 3.8) is 0 Å². The maximum absolute atomic E-state index is 15.9. The van der Waals surface area contributed by atoms with Gasteiger partial charge in [0.1, 0.15) is 17.4 Å². The molecule has 0 aliphatic carbocycles. The van der Waals surface area contributed by atoms with Crippen LogP contribution in [0.5, 0.6) is 5.75 Å². The molecule has 3 aromatic rings. The Bertz CT molecular complexity index is 1530. The maximum Gasteiger partial charge on any atom is 0.337 e. The summed E-state index contributed by atoms with van der Waals surface area (Å²) in [5.41, 5.74) is 5.70. The molecule has 1 heterocycles. The minimum atomic E-state index is -1.32. The number of methoxy groups -OCH3 is 2. The molecule has 0 saturated carbocycles. The second-order valence-corrected chi connectivity index (χ2v) is 12.7. The van der Waals surface area contributed by atoms with Gasteiger partial charge in [0.2, 0.25) is 5.91 Å². The molecule has 0 bridgehead atoms. The van der Waals surface area contributed by atoms with E-state index in [-0.39, 0.29) is 50.1 Å². The molecule has 230 valence electrons. The van der Waals surface area contributed by atoms with Gasteiger partial charge < -0.3 is 25.8 Å². The summed E-state index contributed by atoms with van der Waals surface area (Å²) in [6.07, 6.45) is 0.454. The van der Waals surface area contributed by atoms with E-state index in [0.717, 1.165) is 0 Å². The highest BCUT2D eigenvalue weighted by Gasteiger charge is 2.59. The van der Waals surface area contributed by atoms with Crippen molar-refractivity contribution in [2.45, 2.75) is 50.6 Å². The Hall–Kier alpha value is -3.24. The number of nitrogens with one attached hydrogen (secondary N) is 2. The number of carbonyl (C=O) groups excluding carboxylic acids is 2. The Morgan fingerprint density at radius 3 is 2.42 bits per heavy atom. The van der Waals surface area contributed by atoms with E-state index in [9.17, 15) is 9.59 Å². The summed E-state index contributed by atoms with van der Waals surface area (Å²) in [6.45, 7) is 5.90. The lowest BCUT2D eigenvalue weighted by atomic mass is 9.61. The lowest BCUT2D eigenvalue weighted by molar-refractivity contribution is -0.118. The SMILES string of the molecule is COC(=O)c1ccc(NC(=O)[C@@H]2N[C@@H](CC(C)(C)C)[C@](CN)(c3cc(Cl)ccc3F)[C@H]2c2cccc(Cl)c2F)c(OC)c1. The van der Waals surface area contributed by atoms with E-state index in [1.54, 1.807) is 6.07 Å². The Labute approximate surface area is 260 Å². The van der Waals surface area contributed by atoms with Crippen molar-refractivity contribution in [1.82, 2.24) is 5.32 Å². The molecule has 11 heteroatoms. The third-order valence-electron chi connectivity index (χ3n) is 7.95. The summed E-state index contributed by atoms with van der Waals surface area (Å²) < 4.78 is 41.9. The van der Waals surface area contributed by atoms with Crippen LogP contribution in [0.1, 0.15) is 54.6 Å². The molecule has 0 aromatic heterocycles. The molecule has 3 aromatic carbocycles. The second kappa shape index (κ2) is 12.8. The van der Waals surface area contributed by atoms with Gasteiger partial charge in [0.15, 0.2) is 0 Å². The summed E-state index contributed by atoms with van der Waals surface area (Å²) in [4.78, 5) is 26.3. The molecular weight excluding hydrogens is 599 g/mol. The van der Waals surface area contributed by atoms with Gasteiger partial charge in [0.25, 0.3) is 0 Å². The molecule has 7 nitrogen and oxygen atoms in total. The van der Waals surface area contributed by atoms with Gasteiger partial charge in [-0.15, -0.1) is 0 Å². The first-order valence-electron chi connectivity index (χ1n) is 13.7. The van der Waals surface area contributed by atoms with Gasteiger partial charge in [-0.25, -0.2) is 13.6 Å². The van der Waals surface area contributed by atoms with Crippen molar-refractivity contribution in [2.24, 2.45) is 11.1 Å². The molecule has 1 amide bonds. The summed E-state index contributed by atoms with van der Waals surface area (Å²) >= 11 is 12.6. The van der Waals surface area contributed by atoms with Crippen molar-refractivity contribution >= 4 is 40.8 Å². The molecule has 1 saturated heterocycles. The third kappa shape index (κ3) is 6.36. The monoisotopic (exact) mass is 633 g/mol. The summed E-state index contributed by atoms with van der Waals surface area (Å²) in [7, 11) is 2.65. The van der Waals surface area contributed by atoms with Crippen LogP contribution in [0, 0.1) is 17.0 Å². The number of amides is 1. The second-order valence-electron chi connectivity index (χ2n) is 11.8. The molecule has 4 N–H and O–H groups in total. The zero-order chi connectivity index (χ0) is 31.7. The number of nitrogens with two attached hydrogens (primary N) is 1. The van der Waals surface area contributed by atoms with Crippen LogP contribution >= 0.6 is 23.2 Å². The van der Waals surface area contributed by atoms with Crippen molar-refractivity contribution in [2.75, 3.05) is 26.1 Å². The Morgan fingerprint density at radius 1 is 1.07 bits per heavy atom. The van der Waals surface area contributed by atoms with Gasteiger partial charge >= 0.3 is 5.97 Å². The Morgan fingerprint density at radius 2 is 1.79 bits per heavy atom. The molecule has 4 atom stereocenters. The molecule has 0 unspecified atom stereocenters. The van der Waals surface area contributed by atoms with Crippen molar-refractivity contribution < 1.29 is 27.8 Å². The first kappa shape index (κ1) is 32.7. The number of ether oxygens (including phenoxy) is 2. The van der Waals surface area contributed by atoms with Crippen LogP contribution in [0.3, 0.4) is 0 Å². The zero-order valence-electron chi connectivity index (χ0n) is 24.6. The average Bonchev–Trinajstić information content (AvgIpc) is 3.28. The highest BCUT2D eigenvalue weighted by Crippen LogP contribution is 2.53. The molecule has 1 fully saturated rings. The number of anilines is 1. The highest BCUT2D eigenvalue weighted by molar-refractivity contribution is 6.31. The number of hydrogen-bond donors (Lipinski definition) is 3. The van der Waals surface area contributed by atoms with Crippen LogP contribution in [0.2, 0.25) is 10.0 Å². The first-order valence-corrected chi connectivity index (χ1v) is 14.5. The van der Waals surface area contributed by atoms with Gasteiger partial charge in [-0.05, 0) is 65.4 Å². The van der Waals surface area contributed by atoms with Crippen LogP contribution in [-0.2, 0) is 14.9 Å². The largest absolute Gasteiger partial charge is 0.495 e. The van der Waals surface area contributed by atoms with Crippen LogP contribution in [0.25, 0.3) is 0 Å². The van der Waals surface area contributed by atoms with E-state index < -0.39 is 46.9 Å². The molecule has 0 spiro atoms. The molecule has 1 aliphatic rings. The van der Waals surface area contributed by atoms with Crippen molar-refractivity contribution in [3.05, 3.63) is 93.0 Å². The van der Waals surface area contributed by atoms with Gasteiger partial charge in [0, 0.05) is 28.9 Å². The molecule has 43 heavy (non-hydrogen) atoms. The number of benzene rings is 3. The fraction of sp³-hybridized carbons (Fsp3) is 0.375. The number of hydrogen-bond acceptors (Lipinski definition) is 6. The van der Waals surface area contributed by atoms with Crippen LogP contribution in [0.15, 0.2) is 54.6 Å². The molecule has 0 radical (unpaired) electrons.